The molecule has 2 heterocycles. The first-order valence-corrected chi connectivity index (χ1v) is 25.7. The SMILES string of the molecule is Cc1cc2c3c(c1)N(c1ccc(S(c4ccccc4)(c4ccccc4)c4ccccc4)cc1C)c1cc(-c4ccccc4)ccc1B3c1cc(C(C)(C)C)ccc1N2c1ccc(C(C)(C)C)cc1. The molecule has 4 heteroatoms. The van der Waals surface area contributed by atoms with Gasteiger partial charge in [-0.15, -0.1) is 10.0 Å². The minimum Gasteiger partial charge on any atom is -0.311 e. The Morgan fingerprint density at radius 1 is 0.368 bits per heavy atom. The summed E-state index contributed by atoms with van der Waals surface area (Å²) in [6.07, 6.45) is 0. The third kappa shape index (κ3) is 7.20. The van der Waals surface area contributed by atoms with Crippen LogP contribution in [-0.2, 0) is 10.8 Å². The fraction of sp³-hybridized carbons (Fsp3) is 0.156. The summed E-state index contributed by atoms with van der Waals surface area (Å²) >= 11 is 0. The number of nitrogens with zero attached hydrogens (tertiary/aromatic N) is 2. The second kappa shape index (κ2) is 16.6. The molecule has 334 valence electrons. The van der Waals surface area contributed by atoms with E-state index < -0.39 is 10.0 Å². The van der Waals surface area contributed by atoms with Gasteiger partial charge in [0.1, 0.15) is 0 Å². The summed E-state index contributed by atoms with van der Waals surface area (Å²) in [4.78, 5) is 10.4. The molecule has 2 nitrogen and oxygen atoms in total. The first kappa shape index (κ1) is 43.6. The first-order chi connectivity index (χ1) is 32.8. The monoisotopic (exact) mass is 898 g/mol. The number of anilines is 6. The number of hydrogen-bond acceptors (Lipinski definition) is 2. The number of rotatable bonds is 7. The molecule has 0 spiro atoms. The molecule has 9 aromatic carbocycles. The zero-order valence-electron chi connectivity index (χ0n) is 40.6. The summed E-state index contributed by atoms with van der Waals surface area (Å²) in [6, 6.07) is 80.5. The summed E-state index contributed by atoms with van der Waals surface area (Å²) in [5.74, 6) is 0. The molecule has 0 unspecified atom stereocenters. The standard InChI is InChI=1S/C64H59BN2S/c1-44-39-60-62-61(40-44)67(57-38-35-54(41-45(57)2)68(51-23-15-10-16-24-51,52-25-17-11-18-26-52)53-27-19-12-20-28-53)59-42-47(46-21-13-9-14-22-46)29-36-55(59)65(62)56-43-49(64(6,7)8)32-37-58(56)66(60)50-33-30-48(31-34-50)63(3,4)5/h9-43H,1-8H3. The molecule has 0 amide bonds. The zero-order valence-corrected chi connectivity index (χ0v) is 41.4. The molecule has 0 atom stereocenters. The highest BCUT2D eigenvalue weighted by molar-refractivity contribution is 8.34. The molecule has 9 aromatic rings. The topological polar surface area (TPSA) is 6.48 Å². The molecule has 0 saturated heterocycles. The molecule has 0 radical (unpaired) electrons. The number of fused-ring (bicyclic) bond motifs is 4. The van der Waals surface area contributed by atoms with Crippen molar-refractivity contribution >= 4 is 67.3 Å². The van der Waals surface area contributed by atoms with E-state index >= 15 is 0 Å². The van der Waals surface area contributed by atoms with Gasteiger partial charge < -0.3 is 9.80 Å². The van der Waals surface area contributed by atoms with Crippen LogP contribution in [0.15, 0.2) is 232 Å². The van der Waals surface area contributed by atoms with Gasteiger partial charge in [-0.3, -0.25) is 0 Å². The van der Waals surface area contributed by atoms with Gasteiger partial charge in [-0.05, 0) is 165 Å². The van der Waals surface area contributed by atoms with Crippen LogP contribution in [0.3, 0.4) is 0 Å². The van der Waals surface area contributed by atoms with Gasteiger partial charge in [0.05, 0.1) is 0 Å². The van der Waals surface area contributed by atoms with Gasteiger partial charge in [0.15, 0.2) is 0 Å². The molecule has 0 fully saturated rings. The summed E-state index contributed by atoms with van der Waals surface area (Å²) in [6.45, 7) is 18.5. The summed E-state index contributed by atoms with van der Waals surface area (Å²) < 4.78 is 0. The molecule has 0 N–H and O–H groups in total. The van der Waals surface area contributed by atoms with Crippen molar-refractivity contribution in [3.63, 3.8) is 0 Å². The van der Waals surface area contributed by atoms with Gasteiger partial charge in [0, 0.05) is 53.7 Å². The van der Waals surface area contributed by atoms with E-state index in [2.05, 4.69) is 278 Å². The Labute approximate surface area is 406 Å². The Morgan fingerprint density at radius 2 is 0.882 bits per heavy atom. The van der Waals surface area contributed by atoms with Crippen molar-refractivity contribution in [3.05, 3.63) is 235 Å². The van der Waals surface area contributed by atoms with Crippen molar-refractivity contribution < 1.29 is 0 Å². The smallest absolute Gasteiger partial charge is 0.252 e. The molecular formula is C64H59BN2S. The molecule has 0 saturated carbocycles. The Kier molecular flexibility index (Phi) is 10.7. The van der Waals surface area contributed by atoms with Crippen LogP contribution in [0.5, 0.6) is 0 Å². The van der Waals surface area contributed by atoms with E-state index in [0.29, 0.717) is 0 Å². The third-order valence-electron chi connectivity index (χ3n) is 14.2. The van der Waals surface area contributed by atoms with Crippen molar-refractivity contribution in [2.45, 2.75) is 85.8 Å². The molecule has 2 aliphatic heterocycles. The van der Waals surface area contributed by atoms with E-state index in [0.717, 1.165) is 0 Å². The van der Waals surface area contributed by atoms with Crippen molar-refractivity contribution in [2.24, 2.45) is 0 Å². The molecule has 11 rings (SSSR count). The van der Waals surface area contributed by atoms with Crippen molar-refractivity contribution in [1.29, 1.82) is 0 Å². The van der Waals surface area contributed by atoms with Crippen LogP contribution in [0, 0.1) is 13.8 Å². The minimum absolute atomic E-state index is 0.0185. The van der Waals surface area contributed by atoms with E-state index in [4.69, 9.17) is 0 Å². The highest BCUT2D eigenvalue weighted by Crippen LogP contribution is 2.73. The van der Waals surface area contributed by atoms with Crippen molar-refractivity contribution in [3.8, 4) is 11.1 Å². The summed E-state index contributed by atoms with van der Waals surface area (Å²) in [5.41, 5.74) is 18.9. The van der Waals surface area contributed by atoms with Crippen LogP contribution in [0.25, 0.3) is 11.1 Å². The normalized spacial score (nSPS) is 13.4. The second-order valence-electron chi connectivity index (χ2n) is 20.8. The second-order valence-corrected chi connectivity index (χ2v) is 23.9. The summed E-state index contributed by atoms with van der Waals surface area (Å²) in [5, 5.41) is 0. The highest BCUT2D eigenvalue weighted by atomic mass is 32.3. The minimum atomic E-state index is -1.89. The van der Waals surface area contributed by atoms with Crippen molar-refractivity contribution in [1.82, 2.24) is 0 Å². The molecular weight excluding hydrogens is 840 g/mol. The third-order valence-corrected chi connectivity index (χ3v) is 18.1. The van der Waals surface area contributed by atoms with E-state index in [1.165, 1.54) is 103 Å². The van der Waals surface area contributed by atoms with E-state index in [9.17, 15) is 0 Å². The van der Waals surface area contributed by atoms with Crippen LogP contribution in [0.1, 0.15) is 63.8 Å². The molecule has 0 bridgehead atoms. The maximum absolute atomic E-state index is 2.60. The zero-order chi connectivity index (χ0) is 47.0. The van der Waals surface area contributed by atoms with Gasteiger partial charge >= 0.3 is 0 Å². The summed E-state index contributed by atoms with van der Waals surface area (Å²) in [7, 11) is -1.89. The average molecular weight is 899 g/mol. The van der Waals surface area contributed by atoms with Gasteiger partial charge in [-0.2, -0.15) is 0 Å². The Hall–Kier alpha value is -7.01. The Morgan fingerprint density at radius 3 is 1.43 bits per heavy atom. The maximum Gasteiger partial charge on any atom is 0.252 e. The fourth-order valence-electron chi connectivity index (χ4n) is 10.8. The predicted molar refractivity (Wildman–Crippen MR) is 293 cm³/mol. The van der Waals surface area contributed by atoms with Crippen LogP contribution < -0.4 is 26.2 Å². The lowest BCUT2D eigenvalue weighted by molar-refractivity contribution is 0.590. The van der Waals surface area contributed by atoms with Crippen LogP contribution in [0.4, 0.5) is 34.1 Å². The number of aryl methyl sites for hydroxylation is 2. The number of hydrogen-bond donors (Lipinski definition) is 0. The van der Waals surface area contributed by atoms with Gasteiger partial charge in [0.2, 0.25) is 0 Å². The fourth-order valence-corrected chi connectivity index (χ4v) is 14.8. The van der Waals surface area contributed by atoms with E-state index in [1.54, 1.807) is 0 Å². The first-order valence-electron chi connectivity index (χ1n) is 24.1. The molecule has 68 heavy (non-hydrogen) atoms. The Bertz CT molecular complexity index is 3220. The lowest BCUT2D eigenvalue weighted by atomic mass is 9.33. The van der Waals surface area contributed by atoms with E-state index in [-0.39, 0.29) is 17.5 Å². The Balaban J connectivity index is 1.19. The maximum atomic E-state index is 2.60. The quantitative estimate of drug-likeness (QED) is 0.147. The largest absolute Gasteiger partial charge is 0.311 e. The van der Waals surface area contributed by atoms with Gasteiger partial charge in [-0.25, -0.2) is 0 Å². The van der Waals surface area contributed by atoms with Crippen molar-refractivity contribution in [2.75, 3.05) is 9.80 Å². The van der Waals surface area contributed by atoms with E-state index in [1.807, 2.05) is 0 Å². The van der Waals surface area contributed by atoms with Gasteiger partial charge in [0.25, 0.3) is 6.71 Å². The molecule has 0 aliphatic carbocycles. The van der Waals surface area contributed by atoms with Crippen LogP contribution in [-0.4, -0.2) is 6.71 Å². The lowest BCUT2D eigenvalue weighted by Gasteiger charge is -2.45. The van der Waals surface area contributed by atoms with Crippen LogP contribution in [0.2, 0.25) is 0 Å². The molecule has 2 aliphatic rings. The average Bonchev–Trinajstić information content (AvgIpc) is 3.35. The van der Waals surface area contributed by atoms with Gasteiger partial charge in [-0.1, -0.05) is 163 Å². The van der Waals surface area contributed by atoms with Crippen LogP contribution >= 0.6 is 10.0 Å². The molecule has 0 aromatic heterocycles. The predicted octanol–water partition coefficient (Wildman–Crippen LogP) is 16.0. The lowest BCUT2D eigenvalue weighted by Crippen LogP contribution is -2.61. The highest BCUT2D eigenvalue weighted by Gasteiger charge is 2.44. The number of benzene rings is 9.